The van der Waals surface area contributed by atoms with Crippen molar-refractivity contribution in [2.75, 3.05) is 20.1 Å². The first-order valence-electron chi connectivity index (χ1n) is 8.09. The van der Waals surface area contributed by atoms with Crippen LogP contribution in [0.5, 0.6) is 0 Å². The maximum Gasteiger partial charge on any atom is 0.227 e. The van der Waals surface area contributed by atoms with Gasteiger partial charge in [-0.3, -0.25) is 4.79 Å². The van der Waals surface area contributed by atoms with Crippen LogP contribution in [-0.4, -0.2) is 45.7 Å². The molecule has 130 valence electrons. The van der Waals surface area contributed by atoms with Crippen molar-refractivity contribution in [2.45, 2.75) is 25.8 Å². The summed E-state index contributed by atoms with van der Waals surface area (Å²) in [5.74, 6) is 0.329. The van der Waals surface area contributed by atoms with E-state index in [-0.39, 0.29) is 30.3 Å². The summed E-state index contributed by atoms with van der Waals surface area (Å²) < 4.78 is 1.72. The molecule has 3 rings (SSSR count). The Hall–Kier alpha value is -1.92. The van der Waals surface area contributed by atoms with Gasteiger partial charge in [-0.25, -0.2) is 9.67 Å². The van der Waals surface area contributed by atoms with Crippen LogP contribution >= 0.6 is 12.4 Å². The van der Waals surface area contributed by atoms with Crippen LogP contribution < -0.4 is 5.32 Å². The molecule has 7 heteroatoms. The summed E-state index contributed by atoms with van der Waals surface area (Å²) in [7, 11) is 1.90. The second-order valence-corrected chi connectivity index (χ2v) is 6.10. The zero-order valence-corrected chi connectivity index (χ0v) is 14.9. The van der Waals surface area contributed by atoms with E-state index in [1.165, 1.54) is 6.33 Å². The van der Waals surface area contributed by atoms with Crippen LogP contribution in [0.1, 0.15) is 31.4 Å². The maximum absolute atomic E-state index is 12.6. The topological polar surface area (TPSA) is 63.1 Å². The molecule has 1 N–H and O–H groups in total. The van der Waals surface area contributed by atoms with Crippen molar-refractivity contribution in [1.29, 1.82) is 0 Å². The van der Waals surface area contributed by atoms with Gasteiger partial charge in [-0.2, -0.15) is 5.10 Å². The fourth-order valence-corrected chi connectivity index (χ4v) is 3.01. The fourth-order valence-electron chi connectivity index (χ4n) is 3.01. The van der Waals surface area contributed by atoms with Crippen molar-refractivity contribution >= 4 is 18.3 Å². The number of piperidine rings is 1. The Morgan fingerprint density at radius 3 is 2.71 bits per heavy atom. The molecular weight excluding hydrogens is 326 g/mol. The summed E-state index contributed by atoms with van der Waals surface area (Å²) in [6.45, 7) is 3.88. The van der Waals surface area contributed by atoms with Gasteiger partial charge in [0.05, 0.1) is 17.6 Å². The summed E-state index contributed by atoms with van der Waals surface area (Å²) in [6, 6.07) is 8.14. The van der Waals surface area contributed by atoms with E-state index in [0.29, 0.717) is 0 Å². The number of carbonyl (C=O) groups is 1. The van der Waals surface area contributed by atoms with Gasteiger partial charge in [0.25, 0.3) is 0 Å². The molecule has 1 aromatic heterocycles. The zero-order valence-electron chi connectivity index (χ0n) is 14.1. The molecule has 1 saturated heterocycles. The van der Waals surface area contributed by atoms with Crippen molar-refractivity contribution in [2.24, 2.45) is 5.92 Å². The molecule has 1 aliphatic heterocycles. The largest absolute Gasteiger partial charge is 0.339 e. The number of halogens is 1. The number of benzene rings is 1. The number of amides is 1. The van der Waals surface area contributed by atoms with Gasteiger partial charge in [0.2, 0.25) is 5.91 Å². The molecule has 1 amide bonds. The average molecular weight is 350 g/mol. The van der Waals surface area contributed by atoms with Gasteiger partial charge < -0.3 is 10.2 Å². The lowest BCUT2D eigenvalue weighted by atomic mass is 9.97. The second kappa shape index (κ2) is 8.26. The molecule has 2 aromatic rings. The number of nitrogens with zero attached hydrogens (tertiary/aromatic N) is 4. The first-order chi connectivity index (χ1) is 11.2. The van der Waals surface area contributed by atoms with Gasteiger partial charge in [0.15, 0.2) is 0 Å². The number of rotatable bonds is 4. The first kappa shape index (κ1) is 18.4. The summed E-state index contributed by atoms with van der Waals surface area (Å²) in [6.07, 6.45) is 5.24. The van der Waals surface area contributed by atoms with E-state index >= 15 is 0 Å². The number of hydrogen-bond acceptors (Lipinski definition) is 4. The Kier molecular flexibility index (Phi) is 6.34. The molecule has 6 nitrogen and oxygen atoms in total. The lowest BCUT2D eigenvalue weighted by Gasteiger charge is -2.31. The fraction of sp³-hybridized carbons (Fsp3) is 0.471. The van der Waals surface area contributed by atoms with E-state index in [1.54, 1.807) is 11.0 Å². The third kappa shape index (κ3) is 3.94. The van der Waals surface area contributed by atoms with E-state index in [9.17, 15) is 4.79 Å². The lowest BCUT2D eigenvalue weighted by Crippen LogP contribution is -2.42. The van der Waals surface area contributed by atoms with Crippen LogP contribution in [0.25, 0.3) is 5.69 Å². The first-order valence-corrected chi connectivity index (χ1v) is 8.09. The highest BCUT2D eigenvalue weighted by atomic mass is 35.5. The van der Waals surface area contributed by atoms with Gasteiger partial charge >= 0.3 is 0 Å². The third-order valence-electron chi connectivity index (χ3n) is 4.63. The van der Waals surface area contributed by atoms with Crippen LogP contribution in [0.3, 0.4) is 0 Å². The minimum Gasteiger partial charge on any atom is -0.339 e. The second-order valence-electron chi connectivity index (χ2n) is 6.10. The molecule has 2 unspecified atom stereocenters. The van der Waals surface area contributed by atoms with E-state index < -0.39 is 0 Å². The molecule has 1 aliphatic rings. The van der Waals surface area contributed by atoms with Crippen LogP contribution in [-0.2, 0) is 4.79 Å². The van der Waals surface area contributed by atoms with Crippen LogP contribution in [0.15, 0.2) is 36.9 Å². The third-order valence-corrected chi connectivity index (χ3v) is 4.63. The van der Waals surface area contributed by atoms with Crippen molar-refractivity contribution in [3.05, 3.63) is 42.5 Å². The Morgan fingerprint density at radius 2 is 2.12 bits per heavy atom. The standard InChI is InChI=1S/C17H23N5O.ClH/c1-13(21(2)17(23)15-4-3-9-18-10-15)14-5-7-16(8-6-14)22-12-19-11-20-22;/h5-8,11-13,15,18H,3-4,9-10H2,1-2H3;1H. The zero-order chi connectivity index (χ0) is 16.2. The van der Waals surface area contributed by atoms with Crippen LogP contribution in [0.2, 0.25) is 0 Å². The molecule has 2 atom stereocenters. The van der Waals surface area contributed by atoms with Gasteiger partial charge in [0, 0.05) is 13.6 Å². The lowest BCUT2D eigenvalue weighted by molar-refractivity contribution is -0.136. The normalized spacial score (nSPS) is 18.5. The Morgan fingerprint density at radius 1 is 1.38 bits per heavy atom. The molecule has 2 heterocycles. The highest BCUT2D eigenvalue weighted by Gasteiger charge is 2.26. The monoisotopic (exact) mass is 349 g/mol. The van der Waals surface area contributed by atoms with E-state index in [2.05, 4.69) is 22.3 Å². The SMILES string of the molecule is CC(c1ccc(-n2cncn2)cc1)N(C)C(=O)C1CCCNC1.Cl. The highest BCUT2D eigenvalue weighted by molar-refractivity contribution is 5.85. The molecule has 0 spiro atoms. The minimum absolute atomic E-state index is 0. The molecule has 24 heavy (non-hydrogen) atoms. The summed E-state index contributed by atoms with van der Waals surface area (Å²) in [4.78, 5) is 18.4. The van der Waals surface area contributed by atoms with Crippen molar-refractivity contribution in [3.63, 3.8) is 0 Å². The van der Waals surface area contributed by atoms with Crippen molar-refractivity contribution in [1.82, 2.24) is 25.0 Å². The maximum atomic E-state index is 12.6. The molecular formula is C17H24ClN5O. The Bertz CT molecular complexity index is 638. The predicted octanol–water partition coefficient (Wildman–Crippen LogP) is 2.21. The highest BCUT2D eigenvalue weighted by Crippen LogP contribution is 2.23. The molecule has 0 bridgehead atoms. The van der Waals surface area contributed by atoms with Crippen LogP contribution in [0.4, 0.5) is 0 Å². The molecule has 0 radical (unpaired) electrons. The summed E-state index contributed by atoms with van der Waals surface area (Å²) >= 11 is 0. The number of hydrogen-bond donors (Lipinski definition) is 1. The van der Waals surface area contributed by atoms with E-state index in [1.807, 2.05) is 36.2 Å². The van der Waals surface area contributed by atoms with Gasteiger partial charge in [0.1, 0.15) is 12.7 Å². The van der Waals surface area contributed by atoms with Gasteiger partial charge in [-0.05, 0) is 44.0 Å². The molecule has 1 aromatic carbocycles. The van der Waals surface area contributed by atoms with Gasteiger partial charge in [-0.15, -0.1) is 12.4 Å². The number of aromatic nitrogens is 3. The average Bonchev–Trinajstić information content (AvgIpc) is 3.15. The van der Waals surface area contributed by atoms with E-state index in [4.69, 9.17) is 0 Å². The Balaban J connectivity index is 0.00000208. The summed E-state index contributed by atoms with van der Waals surface area (Å²) in [5.41, 5.74) is 2.08. The number of nitrogens with one attached hydrogen (secondary N) is 1. The predicted molar refractivity (Wildman–Crippen MR) is 95.4 cm³/mol. The molecule has 0 saturated carbocycles. The molecule has 1 fully saturated rings. The van der Waals surface area contributed by atoms with Crippen molar-refractivity contribution < 1.29 is 4.79 Å². The Labute approximate surface area is 148 Å². The summed E-state index contributed by atoms with van der Waals surface area (Å²) in [5, 5.41) is 7.43. The van der Waals surface area contributed by atoms with Crippen LogP contribution in [0, 0.1) is 5.92 Å². The smallest absolute Gasteiger partial charge is 0.227 e. The van der Waals surface area contributed by atoms with Gasteiger partial charge in [-0.1, -0.05) is 12.1 Å². The van der Waals surface area contributed by atoms with E-state index in [0.717, 1.165) is 37.2 Å². The quantitative estimate of drug-likeness (QED) is 0.919. The minimum atomic E-state index is 0. The number of carbonyl (C=O) groups excluding carboxylic acids is 1. The molecule has 0 aliphatic carbocycles. The van der Waals surface area contributed by atoms with Crippen molar-refractivity contribution in [3.8, 4) is 5.69 Å².